The zero-order valence-corrected chi connectivity index (χ0v) is 15.7. The van der Waals surface area contributed by atoms with E-state index in [-0.39, 0.29) is 18.3 Å². The van der Waals surface area contributed by atoms with Crippen LogP contribution >= 0.6 is 0 Å². The van der Waals surface area contributed by atoms with Gasteiger partial charge < -0.3 is 19.4 Å². The smallest absolute Gasteiger partial charge is 0.399 e. The van der Waals surface area contributed by atoms with Crippen LogP contribution in [0.1, 0.15) is 39.7 Å². The molecule has 3 aliphatic rings. The van der Waals surface area contributed by atoms with Crippen LogP contribution in [0.15, 0.2) is 35.9 Å². The summed E-state index contributed by atoms with van der Waals surface area (Å²) < 4.78 is 17.9. The lowest BCUT2D eigenvalue weighted by atomic mass is 9.78. The standard InChI is InChI=1S/C20H28BNO3/c1-19(2)20(3,4)25-21(24-19)16-7-5-14(6-8-16)9-15-10-17-12-23-13-18(11-15)22-17/h5-8,10,17-18,22H,9,11-13H2,1-4H3. The van der Waals surface area contributed by atoms with E-state index in [1.54, 1.807) is 0 Å². The van der Waals surface area contributed by atoms with Crippen LogP contribution < -0.4 is 10.8 Å². The Balaban J connectivity index is 1.44. The Bertz CT molecular complexity index is 652. The van der Waals surface area contributed by atoms with Crippen LogP contribution in [0.5, 0.6) is 0 Å². The molecule has 2 unspecified atom stereocenters. The van der Waals surface area contributed by atoms with Gasteiger partial charge in [0.2, 0.25) is 0 Å². The Labute approximate surface area is 151 Å². The summed E-state index contributed by atoms with van der Waals surface area (Å²) in [7, 11) is -0.284. The molecule has 134 valence electrons. The molecular formula is C20H28BNO3. The van der Waals surface area contributed by atoms with Gasteiger partial charge in [0.05, 0.1) is 24.4 Å². The van der Waals surface area contributed by atoms with Gasteiger partial charge in [0.15, 0.2) is 0 Å². The first kappa shape index (κ1) is 17.3. The Morgan fingerprint density at radius 2 is 1.72 bits per heavy atom. The van der Waals surface area contributed by atoms with Gasteiger partial charge in [-0.3, -0.25) is 0 Å². The highest BCUT2D eigenvalue weighted by atomic mass is 16.7. The van der Waals surface area contributed by atoms with Gasteiger partial charge in [0.25, 0.3) is 0 Å². The van der Waals surface area contributed by atoms with E-state index in [1.165, 1.54) is 11.1 Å². The van der Waals surface area contributed by atoms with E-state index < -0.39 is 0 Å². The lowest BCUT2D eigenvalue weighted by Crippen LogP contribution is -2.50. The molecule has 0 radical (unpaired) electrons. The second-order valence-corrected chi connectivity index (χ2v) is 8.54. The molecule has 0 spiro atoms. The maximum absolute atomic E-state index is 6.13. The Morgan fingerprint density at radius 1 is 1.04 bits per heavy atom. The summed E-state index contributed by atoms with van der Waals surface area (Å²) in [6.45, 7) is 9.98. The summed E-state index contributed by atoms with van der Waals surface area (Å²) in [5, 5.41) is 3.60. The molecule has 1 N–H and O–H groups in total. The van der Waals surface area contributed by atoms with E-state index in [4.69, 9.17) is 14.0 Å². The average molecular weight is 341 g/mol. The normalized spacial score (nSPS) is 30.2. The van der Waals surface area contributed by atoms with Gasteiger partial charge in [0, 0.05) is 12.1 Å². The Kier molecular flexibility index (Phi) is 4.31. The number of nitrogens with one attached hydrogen (secondary N) is 1. The molecule has 25 heavy (non-hydrogen) atoms. The third kappa shape index (κ3) is 3.43. The Hall–Kier alpha value is -1.14. The molecule has 4 rings (SSSR count). The van der Waals surface area contributed by atoms with Crippen LogP contribution in [0, 0.1) is 0 Å². The van der Waals surface area contributed by atoms with Crippen LogP contribution in [0.25, 0.3) is 0 Å². The van der Waals surface area contributed by atoms with Crippen molar-refractivity contribution in [2.45, 2.75) is 63.8 Å². The van der Waals surface area contributed by atoms with Crippen molar-refractivity contribution < 1.29 is 14.0 Å². The van der Waals surface area contributed by atoms with Crippen LogP contribution in [-0.4, -0.2) is 43.6 Å². The van der Waals surface area contributed by atoms with Crippen LogP contribution in [-0.2, 0) is 20.5 Å². The number of benzene rings is 1. The summed E-state index contributed by atoms with van der Waals surface area (Å²) in [4.78, 5) is 0. The largest absolute Gasteiger partial charge is 0.494 e. The summed E-state index contributed by atoms with van der Waals surface area (Å²) >= 11 is 0. The molecule has 0 amide bonds. The first-order chi connectivity index (χ1) is 11.8. The number of hydrogen-bond donors (Lipinski definition) is 1. The first-order valence-electron chi connectivity index (χ1n) is 9.30. The summed E-state index contributed by atoms with van der Waals surface area (Å²) in [6, 6.07) is 9.55. The lowest BCUT2D eigenvalue weighted by Gasteiger charge is -2.35. The minimum Gasteiger partial charge on any atom is -0.399 e. The van der Waals surface area contributed by atoms with Crippen molar-refractivity contribution in [1.82, 2.24) is 5.32 Å². The van der Waals surface area contributed by atoms with Gasteiger partial charge in [-0.1, -0.05) is 35.9 Å². The molecule has 2 saturated heterocycles. The third-order valence-corrected chi connectivity index (χ3v) is 5.95. The molecule has 1 aromatic carbocycles. The minimum atomic E-state index is -0.296. The van der Waals surface area contributed by atoms with E-state index in [9.17, 15) is 0 Å². The van der Waals surface area contributed by atoms with Crippen molar-refractivity contribution >= 4 is 12.6 Å². The van der Waals surface area contributed by atoms with Crippen molar-refractivity contribution in [3.05, 3.63) is 41.5 Å². The molecule has 5 heteroatoms. The van der Waals surface area contributed by atoms with Gasteiger partial charge in [-0.25, -0.2) is 0 Å². The molecular weight excluding hydrogens is 313 g/mol. The molecule has 2 bridgehead atoms. The molecule has 2 atom stereocenters. The first-order valence-corrected chi connectivity index (χ1v) is 9.30. The lowest BCUT2D eigenvalue weighted by molar-refractivity contribution is 0.00578. The molecule has 4 nitrogen and oxygen atoms in total. The Morgan fingerprint density at radius 3 is 2.36 bits per heavy atom. The zero-order valence-electron chi connectivity index (χ0n) is 15.7. The minimum absolute atomic E-state index is 0.284. The topological polar surface area (TPSA) is 39.7 Å². The van der Waals surface area contributed by atoms with Crippen molar-refractivity contribution in [3.63, 3.8) is 0 Å². The van der Waals surface area contributed by atoms with E-state index in [1.807, 2.05) is 0 Å². The number of fused-ring (bicyclic) bond motifs is 2. The highest BCUT2D eigenvalue weighted by Crippen LogP contribution is 2.36. The van der Waals surface area contributed by atoms with Crippen molar-refractivity contribution in [2.75, 3.05) is 13.2 Å². The second kappa shape index (κ2) is 6.24. The van der Waals surface area contributed by atoms with Gasteiger partial charge in [-0.05, 0) is 51.6 Å². The predicted molar refractivity (Wildman–Crippen MR) is 100 cm³/mol. The number of morpholine rings is 1. The van der Waals surface area contributed by atoms with Crippen molar-refractivity contribution in [1.29, 1.82) is 0 Å². The SMILES string of the molecule is CC1(C)OB(c2ccc(CC3=CC4COCC(C3)N4)cc2)OC1(C)C. The molecule has 3 heterocycles. The van der Waals surface area contributed by atoms with Gasteiger partial charge in [-0.15, -0.1) is 0 Å². The third-order valence-electron chi connectivity index (χ3n) is 5.95. The molecule has 0 saturated carbocycles. The maximum atomic E-state index is 6.13. The fourth-order valence-electron chi connectivity index (χ4n) is 3.78. The second-order valence-electron chi connectivity index (χ2n) is 8.54. The fraction of sp³-hybridized carbons (Fsp3) is 0.600. The van der Waals surface area contributed by atoms with Gasteiger partial charge >= 0.3 is 7.12 Å². The van der Waals surface area contributed by atoms with Crippen LogP contribution in [0.2, 0.25) is 0 Å². The van der Waals surface area contributed by atoms with Gasteiger partial charge in [-0.2, -0.15) is 0 Å². The molecule has 3 aliphatic heterocycles. The molecule has 0 aliphatic carbocycles. The summed E-state index contributed by atoms with van der Waals surface area (Å²) in [6.07, 6.45) is 4.44. The van der Waals surface area contributed by atoms with Crippen LogP contribution in [0.3, 0.4) is 0 Å². The summed E-state index contributed by atoms with van der Waals surface area (Å²) in [5.41, 5.74) is 3.35. The number of ether oxygens (including phenoxy) is 1. The zero-order chi connectivity index (χ0) is 17.7. The number of hydrogen-bond acceptors (Lipinski definition) is 4. The quantitative estimate of drug-likeness (QED) is 0.676. The van der Waals surface area contributed by atoms with Crippen LogP contribution in [0.4, 0.5) is 0 Å². The molecule has 0 aromatic heterocycles. The molecule has 1 aromatic rings. The van der Waals surface area contributed by atoms with E-state index in [2.05, 4.69) is 63.4 Å². The average Bonchev–Trinajstić information content (AvgIpc) is 2.76. The highest BCUT2D eigenvalue weighted by Gasteiger charge is 2.51. The van der Waals surface area contributed by atoms with Gasteiger partial charge in [0.1, 0.15) is 0 Å². The molecule has 2 fully saturated rings. The summed E-state index contributed by atoms with van der Waals surface area (Å²) in [5.74, 6) is 0. The van der Waals surface area contributed by atoms with Crippen molar-refractivity contribution in [3.8, 4) is 0 Å². The monoisotopic (exact) mass is 341 g/mol. The van der Waals surface area contributed by atoms with Crippen molar-refractivity contribution in [2.24, 2.45) is 0 Å². The maximum Gasteiger partial charge on any atom is 0.494 e. The predicted octanol–water partition coefficient (Wildman–Crippen LogP) is 2.22. The van der Waals surface area contributed by atoms with E-state index >= 15 is 0 Å². The fourth-order valence-corrected chi connectivity index (χ4v) is 3.78. The highest BCUT2D eigenvalue weighted by molar-refractivity contribution is 6.62. The van der Waals surface area contributed by atoms with E-state index in [0.717, 1.165) is 31.5 Å². The number of rotatable bonds is 3. The van der Waals surface area contributed by atoms with E-state index in [0.29, 0.717) is 12.1 Å².